The molecule has 0 spiro atoms. The topological polar surface area (TPSA) is 130 Å². The maximum absolute atomic E-state index is 14.0. The highest BCUT2D eigenvalue weighted by Crippen LogP contribution is 2.77. The van der Waals surface area contributed by atoms with Crippen LogP contribution in [0.2, 0.25) is 0 Å². The molecule has 0 aromatic rings. The second kappa shape index (κ2) is 13.5. The fourth-order valence-corrected chi connectivity index (χ4v) is 13.8. The fraction of sp³-hybridized carbons (Fsp3) is 0.864. The minimum atomic E-state index is -1.17. The van der Waals surface area contributed by atoms with Crippen LogP contribution in [0.4, 0.5) is 0 Å². The standard InChI is InChI=1S/C44H69NO7/c1-26(2)35-29(46)23-44(32(47)25-45-37(49)27-13-11-10-12-14-27)22-21-42(8)28(36(35)44)15-16-31-41(7)19-18-33(52-34(48)24-39(3,4)38(50)51)40(5,6)30(41)17-20-43(31,42)9/h26-28,30-33,47H,10-25H2,1-9H3,(H,45,49)(H,50,51)/t28-,30?,31-,32?,33+,41+,42-,43-,44+/m1/s1. The number of aliphatic hydroxyl groups is 1. The quantitative estimate of drug-likeness (QED) is 0.204. The number of rotatable bonds is 9. The van der Waals surface area contributed by atoms with Crippen molar-refractivity contribution in [1.29, 1.82) is 0 Å². The van der Waals surface area contributed by atoms with E-state index in [4.69, 9.17) is 4.74 Å². The summed E-state index contributed by atoms with van der Waals surface area (Å²) in [6.45, 7) is 19.7. The molecule has 1 amide bonds. The molecular formula is C44H69NO7. The molecule has 0 saturated heterocycles. The number of aliphatic carboxylic acids is 1. The second-order valence-electron chi connectivity index (χ2n) is 20.7. The first-order chi connectivity index (χ1) is 24.2. The second-order valence-corrected chi connectivity index (χ2v) is 20.7. The number of fused-ring (bicyclic) bond motifs is 7. The lowest BCUT2D eigenvalue weighted by atomic mass is 9.33. The van der Waals surface area contributed by atoms with Crippen molar-refractivity contribution in [3.63, 3.8) is 0 Å². The Hall–Kier alpha value is -2.22. The van der Waals surface area contributed by atoms with Crippen LogP contribution < -0.4 is 5.32 Å². The van der Waals surface area contributed by atoms with Crippen molar-refractivity contribution >= 4 is 23.6 Å². The van der Waals surface area contributed by atoms with Gasteiger partial charge in [0.2, 0.25) is 5.91 Å². The van der Waals surface area contributed by atoms with Crippen LogP contribution in [-0.2, 0) is 23.9 Å². The molecule has 0 heterocycles. The van der Waals surface area contributed by atoms with Gasteiger partial charge >= 0.3 is 11.9 Å². The molecular weight excluding hydrogens is 654 g/mol. The molecule has 0 radical (unpaired) electrons. The van der Waals surface area contributed by atoms with E-state index in [-0.39, 0.29) is 70.2 Å². The van der Waals surface area contributed by atoms with Gasteiger partial charge in [-0.25, -0.2) is 0 Å². The van der Waals surface area contributed by atoms with E-state index < -0.39 is 28.9 Å². The monoisotopic (exact) mass is 724 g/mol. The summed E-state index contributed by atoms with van der Waals surface area (Å²) in [6.07, 6.45) is 11.9. The molecule has 0 aliphatic heterocycles. The van der Waals surface area contributed by atoms with E-state index in [0.29, 0.717) is 18.3 Å². The van der Waals surface area contributed by atoms with E-state index in [1.54, 1.807) is 13.8 Å². The lowest BCUT2D eigenvalue weighted by Gasteiger charge is -2.72. The maximum atomic E-state index is 14.0. The van der Waals surface area contributed by atoms with Crippen LogP contribution in [0.15, 0.2) is 11.1 Å². The normalized spacial score (nSPS) is 39.6. The van der Waals surface area contributed by atoms with E-state index in [9.17, 15) is 29.4 Å². The smallest absolute Gasteiger partial charge is 0.309 e. The molecule has 292 valence electrons. The number of carboxylic acid groups (broad SMARTS) is 1. The molecule has 6 aliphatic carbocycles. The van der Waals surface area contributed by atoms with Crippen molar-refractivity contribution in [1.82, 2.24) is 5.32 Å². The minimum Gasteiger partial charge on any atom is -0.481 e. The summed E-state index contributed by atoms with van der Waals surface area (Å²) in [5.74, 6) is -0.0352. The predicted molar refractivity (Wildman–Crippen MR) is 201 cm³/mol. The van der Waals surface area contributed by atoms with Gasteiger partial charge in [-0.05, 0) is 124 Å². The van der Waals surface area contributed by atoms with Crippen molar-refractivity contribution in [3.05, 3.63) is 11.1 Å². The summed E-state index contributed by atoms with van der Waals surface area (Å²) in [5, 5.41) is 24.9. The van der Waals surface area contributed by atoms with Gasteiger partial charge in [-0.2, -0.15) is 0 Å². The van der Waals surface area contributed by atoms with Crippen LogP contribution in [0.25, 0.3) is 0 Å². The number of allylic oxidation sites excluding steroid dienone is 1. The minimum absolute atomic E-state index is 0.0271. The van der Waals surface area contributed by atoms with Crippen LogP contribution in [0.1, 0.15) is 159 Å². The highest BCUT2D eigenvalue weighted by molar-refractivity contribution is 6.00. The third-order valence-electron chi connectivity index (χ3n) is 16.9. The number of amides is 1. The SMILES string of the molecule is CC(C)C1=C2[C@H]3CC[C@@H]4[C@@]5(C)CC[C@H](OC(=O)CC(C)(C)C(=O)O)C(C)(C)C5CC[C@@]4(C)[C@]3(C)CC[C@@]2(C(O)CNC(=O)C2CCCCC2)CC1=O. The zero-order chi connectivity index (χ0) is 38.2. The van der Waals surface area contributed by atoms with Crippen LogP contribution in [0.3, 0.4) is 0 Å². The van der Waals surface area contributed by atoms with Crippen molar-refractivity contribution in [2.24, 2.45) is 62.1 Å². The van der Waals surface area contributed by atoms with Gasteiger partial charge in [0.25, 0.3) is 0 Å². The molecule has 6 rings (SSSR count). The number of hydrogen-bond acceptors (Lipinski definition) is 6. The molecule has 9 atom stereocenters. The number of ketones is 1. The number of Topliss-reactive ketones (excluding diaryl/α,β-unsaturated/α-hetero) is 1. The van der Waals surface area contributed by atoms with Crippen molar-refractivity contribution in [2.75, 3.05) is 6.54 Å². The molecule has 2 unspecified atom stereocenters. The number of aliphatic hydroxyl groups excluding tert-OH is 1. The van der Waals surface area contributed by atoms with Crippen molar-refractivity contribution in [2.45, 2.75) is 171 Å². The van der Waals surface area contributed by atoms with Gasteiger partial charge < -0.3 is 20.3 Å². The fourth-order valence-electron chi connectivity index (χ4n) is 13.8. The van der Waals surface area contributed by atoms with Gasteiger partial charge in [0.1, 0.15) is 6.10 Å². The van der Waals surface area contributed by atoms with Gasteiger partial charge in [-0.1, -0.05) is 73.3 Å². The van der Waals surface area contributed by atoms with E-state index in [2.05, 4.69) is 53.8 Å². The average molecular weight is 724 g/mol. The Morgan fingerprint density at radius 1 is 0.865 bits per heavy atom. The Kier molecular flexibility index (Phi) is 10.3. The van der Waals surface area contributed by atoms with Crippen LogP contribution in [-0.4, -0.2) is 52.6 Å². The van der Waals surface area contributed by atoms with Gasteiger partial charge in [-0.15, -0.1) is 0 Å². The first-order valence-corrected chi connectivity index (χ1v) is 20.8. The molecule has 0 bridgehead atoms. The predicted octanol–water partition coefficient (Wildman–Crippen LogP) is 8.44. The molecule has 0 aromatic heterocycles. The summed E-state index contributed by atoms with van der Waals surface area (Å²) in [4.78, 5) is 52.0. The largest absolute Gasteiger partial charge is 0.481 e. The third-order valence-corrected chi connectivity index (χ3v) is 16.9. The molecule has 52 heavy (non-hydrogen) atoms. The number of carboxylic acids is 1. The lowest BCUT2D eigenvalue weighted by Crippen LogP contribution is -2.66. The maximum Gasteiger partial charge on any atom is 0.309 e. The molecule has 8 nitrogen and oxygen atoms in total. The van der Waals surface area contributed by atoms with Crippen LogP contribution in [0.5, 0.6) is 0 Å². The third kappa shape index (κ3) is 6.02. The summed E-state index contributed by atoms with van der Waals surface area (Å²) in [7, 11) is 0. The van der Waals surface area contributed by atoms with Crippen molar-refractivity contribution in [3.8, 4) is 0 Å². The first kappa shape index (κ1) is 39.5. The summed E-state index contributed by atoms with van der Waals surface area (Å²) in [5.41, 5.74) is 0.159. The first-order valence-electron chi connectivity index (χ1n) is 20.8. The van der Waals surface area contributed by atoms with Gasteiger partial charge in [-0.3, -0.25) is 19.2 Å². The van der Waals surface area contributed by atoms with E-state index in [1.165, 1.54) is 12.0 Å². The van der Waals surface area contributed by atoms with Gasteiger partial charge in [0.15, 0.2) is 5.78 Å². The van der Waals surface area contributed by atoms with Crippen LogP contribution in [0, 0.1) is 62.1 Å². The average Bonchev–Trinajstić information content (AvgIpc) is 3.38. The molecule has 0 aromatic carbocycles. The van der Waals surface area contributed by atoms with E-state index in [0.717, 1.165) is 82.6 Å². The molecule has 5 saturated carbocycles. The Bertz CT molecular complexity index is 1490. The Morgan fingerprint density at radius 2 is 1.54 bits per heavy atom. The van der Waals surface area contributed by atoms with Crippen molar-refractivity contribution < 1.29 is 34.1 Å². The zero-order valence-electron chi connectivity index (χ0n) is 33.8. The summed E-state index contributed by atoms with van der Waals surface area (Å²) < 4.78 is 6.16. The summed E-state index contributed by atoms with van der Waals surface area (Å²) >= 11 is 0. The molecule has 8 heteroatoms. The lowest BCUT2D eigenvalue weighted by molar-refractivity contribution is -0.235. The Labute approximate surface area is 313 Å². The van der Waals surface area contributed by atoms with E-state index in [1.807, 2.05) is 0 Å². The van der Waals surface area contributed by atoms with Crippen LogP contribution >= 0.6 is 0 Å². The number of esters is 1. The zero-order valence-corrected chi connectivity index (χ0v) is 33.8. The highest BCUT2D eigenvalue weighted by Gasteiger charge is 2.70. The molecule has 5 fully saturated rings. The Morgan fingerprint density at radius 3 is 2.17 bits per heavy atom. The number of carbonyl (C=O) groups is 4. The van der Waals surface area contributed by atoms with Gasteiger partial charge in [0.05, 0.1) is 17.9 Å². The molecule has 3 N–H and O–H groups in total. The number of nitrogens with one attached hydrogen (secondary N) is 1. The highest BCUT2D eigenvalue weighted by atomic mass is 16.5. The number of carbonyl (C=O) groups excluding carboxylic acids is 3. The molecule has 6 aliphatic rings. The van der Waals surface area contributed by atoms with E-state index >= 15 is 0 Å². The number of ether oxygens (including phenoxy) is 1. The summed E-state index contributed by atoms with van der Waals surface area (Å²) in [6, 6.07) is 0. The number of hydrogen-bond donors (Lipinski definition) is 3. The van der Waals surface area contributed by atoms with Gasteiger partial charge in [0, 0.05) is 29.7 Å². The Balaban J connectivity index is 1.26.